The second-order valence-electron chi connectivity index (χ2n) is 6.64. The van der Waals surface area contributed by atoms with Gasteiger partial charge < -0.3 is 4.57 Å². The summed E-state index contributed by atoms with van der Waals surface area (Å²) in [7, 11) is 1.54. The Morgan fingerprint density at radius 2 is 1.80 bits per heavy atom. The van der Waals surface area contributed by atoms with E-state index in [0.29, 0.717) is 15.7 Å². The zero-order valence-electron chi connectivity index (χ0n) is 16.0. The van der Waals surface area contributed by atoms with Gasteiger partial charge in [-0.25, -0.2) is 9.78 Å². The van der Waals surface area contributed by atoms with Crippen LogP contribution in [-0.2, 0) is 13.6 Å². The molecule has 0 saturated carbocycles. The van der Waals surface area contributed by atoms with E-state index in [0.717, 1.165) is 5.56 Å². The highest BCUT2D eigenvalue weighted by molar-refractivity contribution is 7.99. The van der Waals surface area contributed by atoms with Gasteiger partial charge in [0.05, 0.1) is 12.3 Å². The topological polar surface area (TPSA) is 89.8 Å². The molecule has 0 amide bonds. The molecule has 0 unspecified atom stereocenters. The summed E-state index contributed by atoms with van der Waals surface area (Å²) in [5, 5.41) is 1.01. The smallest absolute Gasteiger partial charge is 0.309 e. The molecule has 2 heterocycles. The first-order valence-electron chi connectivity index (χ1n) is 9.09. The number of hydrogen-bond donors (Lipinski definition) is 1. The highest BCUT2D eigenvalue weighted by atomic mass is 35.5. The summed E-state index contributed by atoms with van der Waals surface area (Å²) in [5.41, 5.74) is 0.824. The van der Waals surface area contributed by atoms with Crippen LogP contribution in [0.3, 0.4) is 0 Å². The number of aromatic amines is 1. The number of thioether (sulfide) groups is 1. The first kappa shape index (κ1) is 20.2. The van der Waals surface area contributed by atoms with Gasteiger partial charge in [-0.3, -0.25) is 19.1 Å². The minimum absolute atomic E-state index is 0.0558. The van der Waals surface area contributed by atoms with Gasteiger partial charge in [-0.15, -0.1) is 0 Å². The quantitative estimate of drug-likeness (QED) is 0.367. The zero-order valence-corrected chi connectivity index (χ0v) is 17.5. The third-order valence-corrected chi connectivity index (χ3v) is 6.03. The Kier molecular flexibility index (Phi) is 5.61. The number of hydrogen-bond acceptors (Lipinski definition) is 5. The lowest BCUT2D eigenvalue weighted by molar-refractivity contribution is 0.102. The second-order valence-corrected chi connectivity index (χ2v) is 7.99. The predicted molar refractivity (Wildman–Crippen MR) is 118 cm³/mol. The number of Topliss-reactive ketones (excluding diaryl/α,β-unsaturated/α-hetero) is 1. The molecule has 4 aromatic rings. The van der Waals surface area contributed by atoms with Crippen LogP contribution in [0, 0.1) is 0 Å². The van der Waals surface area contributed by atoms with Crippen molar-refractivity contribution < 1.29 is 4.79 Å². The number of carbonyl (C=O) groups excluding carboxylic acids is 1. The highest BCUT2D eigenvalue weighted by Gasteiger charge is 2.19. The largest absolute Gasteiger partial charge is 0.329 e. The fourth-order valence-corrected chi connectivity index (χ4v) is 4.19. The number of nitrogens with zero attached hydrogens (tertiary/aromatic N) is 3. The van der Waals surface area contributed by atoms with Crippen LogP contribution in [0.2, 0.25) is 5.02 Å². The lowest BCUT2D eigenvalue weighted by Crippen LogP contribution is -2.29. The van der Waals surface area contributed by atoms with Gasteiger partial charge in [-0.05, 0) is 11.6 Å². The number of aromatic nitrogens is 4. The van der Waals surface area contributed by atoms with Crippen LogP contribution < -0.4 is 11.2 Å². The molecule has 7 nitrogen and oxygen atoms in total. The van der Waals surface area contributed by atoms with Crippen LogP contribution >= 0.6 is 23.4 Å². The molecule has 152 valence electrons. The SMILES string of the molecule is Cn1c(=O)[nH]c(=O)c2c1nc(SCC(=O)c1ccccc1)n2Cc1ccccc1Cl. The third kappa shape index (κ3) is 3.83. The number of halogens is 1. The van der Waals surface area contributed by atoms with Gasteiger partial charge in [0.15, 0.2) is 22.1 Å². The van der Waals surface area contributed by atoms with Crippen LogP contribution in [0.1, 0.15) is 15.9 Å². The number of aryl methyl sites for hydroxylation is 1. The maximum atomic E-state index is 12.6. The number of ketones is 1. The van der Waals surface area contributed by atoms with E-state index in [1.165, 1.54) is 23.4 Å². The number of rotatable bonds is 6. The molecule has 0 saturated heterocycles. The average molecular weight is 441 g/mol. The Morgan fingerprint density at radius 1 is 1.10 bits per heavy atom. The van der Waals surface area contributed by atoms with E-state index >= 15 is 0 Å². The fraction of sp³-hybridized carbons (Fsp3) is 0.143. The molecule has 9 heteroatoms. The van der Waals surface area contributed by atoms with Gasteiger partial charge in [0.1, 0.15) is 0 Å². The summed E-state index contributed by atoms with van der Waals surface area (Å²) in [6, 6.07) is 16.3. The average Bonchev–Trinajstić information content (AvgIpc) is 3.11. The van der Waals surface area contributed by atoms with E-state index in [2.05, 4.69) is 9.97 Å². The van der Waals surface area contributed by atoms with Gasteiger partial charge in [0.25, 0.3) is 5.56 Å². The summed E-state index contributed by atoms with van der Waals surface area (Å²) >= 11 is 7.53. The Balaban J connectivity index is 1.78. The van der Waals surface area contributed by atoms with E-state index in [9.17, 15) is 14.4 Å². The monoisotopic (exact) mass is 440 g/mol. The van der Waals surface area contributed by atoms with Crippen molar-refractivity contribution >= 4 is 40.3 Å². The zero-order chi connectivity index (χ0) is 21.3. The molecule has 0 aliphatic carbocycles. The van der Waals surface area contributed by atoms with E-state index in [-0.39, 0.29) is 29.2 Å². The number of benzene rings is 2. The molecule has 2 aromatic heterocycles. The summed E-state index contributed by atoms with van der Waals surface area (Å²) in [6.07, 6.45) is 0. The summed E-state index contributed by atoms with van der Waals surface area (Å²) in [4.78, 5) is 43.9. The Bertz CT molecular complexity index is 1360. The molecule has 4 rings (SSSR count). The van der Waals surface area contributed by atoms with Gasteiger partial charge in [-0.1, -0.05) is 71.9 Å². The number of carbonyl (C=O) groups is 1. The molecule has 0 atom stereocenters. The maximum absolute atomic E-state index is 12.6. The Morgan fingerprint density at radius 3 is 2.53 bits per heavy atom. The third-order valence-electron chi connectivity index (χ3n) is 4.69. The van der Waals surface area contributed by atoms with Crippen molar-refractivity contribution in [2.75, 3.05) is 5.75 Å². The van der Waals surface area contributed by atoms with Gasteiger partial charge in [0, 0.05) is 17.6 Å². The molecule has 0 aliphatic rings. The van der Waals surface area contributed by atoms with Crippen LogP contribution in [0.25, 0.3) is 11.2 Å². The number of fused-ring (bicyclic) bond motifs is 1. The number of imidazole rings is 1. The summed E-state index contributed by atoms with van der Waals surface area (Å²) in [5.74, 6) is 0.0848. The van der Waals surface area contributed by atoms with Crippen molar-refractivity contribution in [3.63, 3.8) is 0 Å². The maximum Gasteiger partial charge on any atom is 0.329 e. The van der Waals surface area contributed by atoms with Crippen molar-refractivity contribution in [3.8, 4) is 0 Å². The van der Waals surface area contributed by atoms with Gasteiger partial charge in [0.2, 0.25) is 0 Å². The lowest BCUT2D eigenvalue weighted by Gasteiger charge is -2.10. The molecule has 30 heavy (non-hydrogen) atoms. The minimum atomic E-state index is -0.549. The minimum Gasteiger partial charge on any atom is -0.309 e. The summed E-state index contributed by atoms with van der Waals surface area (Å²) < 4.78 is 2.97. The second kappa shape index (κ2) is 8.33. The van der Waals surface area contributed by atoms with E-state index in [4.69, 9.17) is 11.6 Å². The van der Waals surface area contributed by atoms with Crippen molar-refractivity contribution in [2.24, 2.45) is 7.05 Å². The first-order valence-corrected chi connectivity index (χ1v) is 10.5. The van der Waals surface area contributed by atoms with E-state index < -0.39 is 11.2 Å². The van der Waals surface area contributed by atoms with E-state index in [1.54, 1.807) is 34.9 Å². The number of nitrogens with one attached hydrogen (secondary N) is 1. The molecule has 0 spiro atoms. The van der Waals surface area contributed by atoms with Crippen molar-refractivity contribution in [1.82, 2.24) is 19.1 Å². The predicted octanol–water partition coefficient (Wildman–Crippen LogP) is 3.10. The molecular formula is C21H17ClN4O3S. The van der Waals surface area contributed by atoms with Gasteiger partial charge in [-0.2, -0.15) is 0 Å². The molecule has 0 radical (unpaired) electrons. The molecular weight excluding hydrogens is 424 g/mol. The number of H-pyrrole nitrogens is 1. The fourth-order valence-electron chi connectivity index (χ4n) is 3.11. The Hall–Kier alpha value is -3.10. The van der Waals surface area contributed by atoms with Crippen LogP contribution in [0.5, 0.6) is 0 Å². The van der Waals surface area contributed by atoms with Crippen LogP contribution in [0.15, 0.2) is 69.3 Å². The molecule has 0 fully saturated rings. The standard InChI is InChI=1S/C21H17ClN4O3S/c1-25-18-17(19(28)24-20(25)29)26(11-14-9-5-6-10-15(14)22)21(23-18)30-12-16(27)13-7-3-2-4-8-13/h2-10H,11-12H2,1H3,(H,24,28,29). The normalized spacial score (nSPS) is 11.1. The summed E-state index contributed by atoms with van der Waals surface area (Å²) in [6.45, 7) is 0.277. The lowest BCUT2D eigenvalue weighted by atomic mass is 10.2. The van der Waals surface area contributed by atoms with E-state index in [1.807, 2.05) is 24.3 Å². The first-order chi connectivity index (χ1) is 14.5. The molecule has 0 aliphatic heterocycles. The molecule has 1 N–H and O–H groups in total. The van der Waals surface area contributed by atoms with Crippen LogP contribution in [0.4, 0.5) is 0 Å². The Labute approximate surface area is 180 Å². The van der Waals surface area contributed by atoms with Crippen molar-refractivity contribution in [1.29, 1.82) is 0 Å². The highest BCUT2D eigenvalue weighted by Crippen LogP contribution is 2.25. The van der Waals surface area contributed by atoms with Crippen LogP contribution in [-0.4, -0.2) is 30.6 Å². The molecule has 2 aromatic carbocycles. The van der Waals surface area contributed by atoms with Crippen molar-refractivity contribution in [2.45, 2.75) is 11.7 Å². The van der Waals surface area contributed by atoms with Crippen molar-refractivity contribution in [3.05, 3.63) is 91.6 Å². The molecule has 0 bridgehead atoms. The van der Waals surface area contributed by atoms with Gasteiger partial charge >= 0.3 is 5.69 Å².